The van der Waals surface area contributed by atoms with Crippen molar-refractivity contribution in [1.82, 2.24) is 4.31 Å². The Morgan fingerprint density at radius 2 is 1.94 bits per heavy atom. The number of carboxylic acid groups (broad SMARTS) is 2. The highest BCUT2D eigenvalue weighted by Crippen LogP contribution is 2.61. The number of oxime groups is 1. The molecule has 11 heteroatoms. The summed E-state index contributed by atoms with van der Waals surface area (Å²) in [6.45, 7) is 3.33. The van der Waals surface area contributed by atoms with Gasteiger partial charge in [-0.2, -0.15) is 11.3 Å². The van der Waals surface area contributed by atoms with Crippen molar-refractivity contribution < 1.29 is 29.4 Å². The highest BCUT2D eigenvalue weighted by atomic mass is 32.3. The van der Waals surface area contributed by atoms with Gasteiger partial charge in [-0.1, -0.05) is 5.16 Å². The Bertz CT molecular complexity index is 1100. The van der Waals surface area contributed by atoms with Crippen LogP contribution in [0.3, 0.4) is 0 Å². The lowest BCUT2D eigenvalue weighted by atomic mass is 10.1. The lowest BCUT2D eigenvalue weighted by molar-refractivity contribution is 0.158. The van der Waals surface area contributed by atoms with Crippen molar-refractivity contribution >= 4 is 43.7 Å². The molecule has 0 saturated heterocycles. The van der Waals surface area contributed by atoms with Crippen molar-refractivity contribution in [2.24, 2.45) is 5.16 Å². The van der Waals surface area contributed by atoms with Gasteiger partial charge >= 0.3 is 10.6 Å². The number of hydrogen-bond acceptors (Lipinski definition) is 8. The number of ether oxygens (including phenoxy) is 1. The van der Waals surface area contributed by atoms with Crippen LogP contribution in [-0.2, 0) is 11.3 Å². The standard InChI is InChI=1S/C24H29N3O6S2/c1-2-33-25-22-9-6-18-16-20(7-8-21(18)22)32-14-5-3-4-11-26-12-13-27(19-10-15-34-17-19)35(26,23(28)29)24(30)31/h7-8,10,12-13,15-17H,2-6,9,11,14H2,1H3,(H,28,29)(H,30,31)/b25-22+. The molecule has 0 saturated carbocycles. The second kappa shape index (κ2) is 11.0. The van der Waals surface area contributed by atoms with Gasteiger partial charge in [0.15, 0.2) is 0 Å². The summed E-state index contributed by atoms with van der Waals surface area (Å²) in [5.74, 6) is 0.815. The molecule has 1 aliphatic carbocycles. The third-order valence-corrected chi connectivity index (χ3v) is 9.38. The molecule has 0 bridgehead atoms. The predicted molar refractivity (Wildman–Crippen MR) is 139 cm³/mol. The summed E-state index contributed by atoms with van der Waals surface area (Å²) in [6, 6.07) is 7.75. The van der Waals surface area contributed by atoms with Crippen LogP contribution < -0.4 is 9.04 Å². The molecule has 1 aliphatic heterocycles. The lowest BCUT2D eigenvalue weighted by Gasteiger charge is -2.41. The van der Waals surface area contributed by atoms with Crippen LogP contribution in [0, 0.1) is 0 Å². The van der Waals surface area contributed by atoms with Gasteiger partial charge in [0.25, 0.3) is 0 Å². The summed E-state index contributed by atoms with van der Waals surface area (Å²) in [5, 5.41) is 25.0. The summed E-state index contributed by atoms with van der Waals surface area (Å²) in [4.78, 5) is 29.6. The molecule has 2 heterocycles. The first kappa shape index (κ1) is 24.9. The second-order valence-electron chi connectivity index (χ2n) is 8.01. The van der Waals surface area contributed by atoms with Gasteiger partial charge in [0.2, 0.25) is 0 Å². The van der Waals surface area contributed by atoms with Crippen LogP contribution in [0.5, 0.6) is 5.75 Å². The number of rotatable bonds is 10. The molecule has 1 aromatic carbocycles. The maximum Gasteiger partial charge on any atom is 0.393 e. The first-order valence-electron chi connectivity index (χ1n) is 11.5. The lowest BCUT2D eigenvalue weighted by Crippen LogP contribution is -2.39. The van der Waals surface area contributed by atoms with Crippen LogP contribution >= 0.6 is 21.7 Å². The van der Waals surface area contributed by atoms with Crippen LogP contribution in [0.1, 0.15) is 43.7 Å². The number of carbonyl (C=O) groups is 2. The normalized spacial score (nSPS) is 18.0. The minimum atomic E-state index is -3.31. The molecule has 0 fully saturated rings. The minimum absolute atomic E-state index is 0.339. The van der Waals surface area contributed by atoms with E-state index in [9.17, 15) is 19.8 Å². The monoisotopic (exact) mass is 519 g/mol. The molecule has 2 N–H and O–H groups in total. The topological polar surface area (TPSA) is 112 Å². The van der Waals surface area contributed by atoms with Crippen molar-refractivity contribution in [2.45, 2.75) is 39.0 Å². The maximum absolute atomic E-state index is 12.2. The molecule has 0 radical (unpaired) electrons. The van der Waals surface area contributed by atoms with Gasteiger partial charge in [-0.3, -0.25) is 4.31 Å². The number of aryl methyl sites for hydroxylation is 1. The van der Waals surface area contributed by atoms with Crippen LogP contribution in [0.2, 0.25) is 0 Å². The van der Waals surface area contributed by atoms with Crippen molar-refractivity contribution in [2.75, 3.05) is 24.1 Å². The fraction of sp³-hybridized carbons (Fsp3) is 0.375. The van der Waals surface area contributed by atoms with Gasteiger partial charge in [0.1, 0.15) is 22.8 Å². The van der Waals surface area contributed by atoms with E-state index in [1.807, 2.05) is 19.1 Å². The first-order chi connectivity index (χ1) is 17.0. The second-order valence-corrected chi connectivity index (χ2v) is 11.4. The Morgan fingerprint density at radius 3 is 2.66 bits per heavy atom. The van der Waals surface area contributed by atoms with Crippen LogP contribution in [0.25, 0.3) is 0 Å². The van der Waals surface area contributed by atoms with Crippen LogP contribution in [0.15, 0.2) is 52.6 Å². The molecule has 0 atom stereocenters. The third kappa shape index (κ3) is 4.96. The number of unbranched alkanes of at least 4 members (excludes halogenated alkanes) is 2. The van der Waals surface area contributed by atoms with Gasteiger partial charge in [-0.15, -0.1) is 0 Å². The van der Waals surface area contributed by atoms with Crippen molar-refractivity contribution in [3.8, 4) is 5.75 Å². The molecule has 0 spiro atoms. The molecule has 188 valence electrons. The van der Waals surface area contributed by atoms with Gasteiger partial charge < -0.3 is 24.1 Å². The number of nitrogens with zero attached hydrogens (tertiary/aromatic N) is 3. The first-order valence-corrected chi connectivity index (χ1v) is 14.0. The Morgan fingerprint density at radius 1 is 1.11 bits per heavy atom. The van der Waals surface area contributed by atoms with Crippen LogP contribution in [-0.4, -0.2) is 50.6 Å². The zero-order valence-corrected chi connectivity index (χ0v) is 21.1. The number of fused-ring (bicyclic) bond motifs is 1. The average molecular weight is 520 g/mol. The van der Waals surface area contributed by atoms with Gasteiger partial charge in [-0.05, 0) is 74.2 Å². The zero-order valence-electron chi connectivity index (χ0n) is 19.5. The number of benzene rings is 1. The van der Waals surface area contributed by atoms with E-state index in [2.05, 4.69) is 11.2 Å². The average Bonchev–Trinajstić information content (AvgIpc) is 3.58. The van der Waals surface area contributed by atoms with Crippen molar-refractivity contribution in [1.29, 1.82) is 0 Å². The van der Waals surface area contributed by atoms with Crippen molar-refractivity contribution in [3.63, 3.8) is 0 Å². The van der Waals surface area contributed by atoms with E-state index in [1.165, 1.54) is 25.5 Å². The molecule has 0 unspecified atom stereocenters. The molecular formula is C24H29N3O6S2. The smallest absolute Gasteiger partial charge is 0.393 e. The summed E-state index contributed by atoms with van der Waals surface area (Å²) in [6.07, 6.45) is 7.14. The number of hydrogen-bond donors (Lipinski definition) is 2. The van der Waals surface area contributed by atoms with Crippen molar-refractivity contribution in [3.05, 3.63) is 58.6 Å². The summed E-state index contributed by atoms with van der Waals surface area (Å²) in [7, 11) is -3.31. The van der Waals surface area contributed by atoms with E-state index < -0.39 is 21.0 Å². The maximum atomic E-state index is 12.2. The Hall–Kier alpha value is -3.18. The zero-order chi connectivity index (χ0) is 24.8. The van der Waals surface area contributed by atoms with E-state index in [1.54, 1.807) is 29.2 Å². The minimum Gasteiger partial charge on any atom is -0.494 e. The van der Waals surface area contributed by atoms with E-state index in [0.717, 1.165) is 42.7 Å². The van der Waals surface area contributed by atoms with Gasteiger partial charge in [-0.25, -0.2) is 9.59 Å². The van der Waals surface area contributed by atoms with E-state index in [-0.39, 0.29) is 0 Å². The van der Waals surface area contributed by atoms with E-state index in [4.69, 9.17) is 9.57 Å². The summed E-state index contributed by atoms with van der Waals surface area (Å²) < 4.78 is 8.77. The molecular weight excluding hydrogens is 490 g/mol. The van der Waals surface area contributed by atoms with Gasteiger partial charge in [0, 0.05) is 29.9 Å². The summed E-state index contributed by atoms with van der Waals surface area (Å²) in [5.41, 5.74) is 3.87. The fourth-order valence-corrected chi connectivity index (χ4v) is 7.29. The summed E-state index contributed by atoms with van der Waals surface area (Å²) >= 11 is 1.39. The van der Waals surface area contributed by atoms with E-state index in [0.29, 0.717) is 31.9 Å². The quantitative estimate of drug-likeness (QED) is 0.279. The largest absolute Gasteiger partial charge is 0.494 e. The highest BCUT2D eigenvalue weighted by molar-refractivity contribution is 8.54. The van der Waals surface area contributed by atoms with Crippen LogP contribution in [0.4, 0.5) is 15.3 Å². The Labute approximate surface area is 209 Å². The molecule has 0 amide bonds. The molecule has 35 heavy (non-hydrogen) atoms. The van der Waals surface area contributed by atoms with Gasteiger partial charge in [0.05, 0.1) is 18.0 Å². The molecule has 2 aliphatic rings. The number of thiophene rings is 1. The fourth-order valence-electron chi connectivity index (χ4n) is 4.21. The predicted octanol–water partition coefficient (Wildman–Crippen LogP) is 6.27. The molecule has 1 aromatic heterocycles. The Kier molecular flexibility index (Phi) is 7.86. The SMILES string of the molecule is CCO/N=C1\CCc2cc(OCCCCCN3C=CN(c4ccsc4)S3(C(=O)O)C(=O)O)ccc21. The highest BCUT2D eigenvalue weighted by Gasteiger charge is 2.53. The molecule has 9 nitrogen and oxygen atoms in total. The Balaban J connectivity index is 1.27. The molecule has 4 rings (SSSR count). The third-order valence-electron chi connectivity index (χ3n) is 5.85. The number of anilines is 1. The van der Waals surface area contributed by atoms with E-state index >= 15 is 0 Å². The molecule has 2 aromatic rings.